The molecule has 2 aromatic rings. The minimum Gasteiger partial charge on any atom is -0.352 e. The number of carbonyl (C=O) groups excluding carboxylic acids is 2. The van der Waals surface area contributed by atoms with E-state index in [1.54, 1.807) is 11.3 Å². The number of carbonyl (C=O) groups is 2. The largest absolute Gasteiger partial charge is 0.352 e. The maximum atomic E-state index is 13.6. The number of nitrogens with zero attached hydrogens (tertiary/aromatic N) is 2. The molecule has 0 bridgehead atoms. The Morgan fingerprint density at radius 3 is 2.44 bits per heavy atom. The summed E-state index contributed by atoms with van der Waals surface area (Å²) in [4.78, 5) is 32.3. The summed E-state index contributed by atoms with van der Waals surface area (Å²) in [6.45, 7) is 2.04. The number of amides is 2. The van der Waals surface area contributed by atoms with E-state index in [0.29, 0.717) is 19.5 Å². The molecule has 2 aliphatic carbocycles. The van der Waals surface area contributed by atoms with Crippen molar-refractivity contribution < 1.29 is 14.0 Å². The molecular weight excluding hydrogens is 475 g/mol. The molecule has 8 heteroatoms. The topological polar surface area (TPSA) is 78.7 Å². The summed E-state index contributed by atoms with van der Waals surface area (Å²) in [5.74, 6) is -0.0311. The van der Waals surface area contributed by atoms with Gasteiger partial charge in [0.1, 0.15) is 11.9 Å². The second kappa shape index (κ2) is 11.4. The molecule has 1 aromatic carbocycles. The van der Waals surface area contributed by atoms with Crippen LogP contribution < -0.4 is 11.1 Å². The van der Waals surface area contributed by atoms with Crippen LogP contribution in [0, 0.1) is 11.7 Å². The molecule has 5 rings (SSSR count). The summed E-state index contributed by atoms with van der Waals surface area (Å²) >= 11 is 1.72. The Balaban J connectivity index is 1.33. The van der Waals surface area contributed by atoms with Crippen LogP contribution in [0.4, 0.5) is 4.39 Å². The van der Waals surface area contributed by atoms with Crippen molar-refractivity contribution in [2.24, 2.45) is 11.7 Å². The molecule has 0 radical (unpaired) electrons. The third kappa shape index (κ3) is 6.33. The van der Waals surface area contributed by atoms with Gasteiger partial charge in [-0.05, 0) is 80.5 Å². The van der Waals surface area contributed by atoms with Gasteiger partial charge in [-0.25, -0.2) is 4.39 Å². The van der Waals surface area contributed by atoms with Crippen molar-refractivity contribution in [3.05, 3.63) is 58.0 Å². The van der Waals surface area contributed by atoms with Crippen LogP contribution in [0.15, 0.2) is 41.8 Å². The van der Waals surface area contributed by atoms with Crippen molar-refractivity contribution in [2.45, 2.75) is 88.6 Å². The van der Waals surface area contributed by atoms with E-state index in [1.807, 2.05) is 17.0 Å². The average molecular weight is 513 g/mol. The number of benzene rings is 1. The van der Waals surface area contributed by atoms with E-state index >= 15 is 0 Å². The molecule has 2 saturated carbocycles. The summed E-state index contributed by atoms with van der Waals surface area (Å²) in [6.07, 6.45) is 6.95. The Bertz CT molecular complexity index is 1020. The van der Waals surface area contributed by atoms with Crippen LogP contribution in [0.5, 0.6) is 0 Å². The molecule has 3 N–H and O–H groups in total. The quantitative estimate of drug-likeness (QED) is 0.560. The van der Waals surface area contributed by atoms with Gasteiger partial charge in [-0.1, -0.05) is 18.2 Å². The van der Waals surface area contributed by atoms with Crippen molar-refractivity contribution in [2.75, 3.05) is 6.54 Å². The SMILES string of the molecule is NC1CCC(NC(=O)[C@H]2CC(N(Cc3ccc(F)cc3)Cc3cccs3)CCN2C(=O)C2CC2)CC1. The van der Waals surface area contributed by atoms with Gasteiger partial charge in [0.2, 0.25) is 11.8 Å². The van der Waals surface area contributed by atoms with Gasteiger partial charge in [-0.3, -0.25) is 14.5 Å². The normalized spacial score (nSPS) is 26.7. The zero-order chi connectivity index (χ0) is 25.1. The van der Waals surface area contributed by atoms with Crippen LogP contribution in [-0.2, 0) is 22.7 Å². The minimum atomic E-state index is -0.452. The van der Waals surface area contributed by atoms with Gasteiger partial charge in [-0.2, -0.15) is 0 Å². The Hall–Kier alpha value is -2.29. The molecule has 0 spiro atoms. The number of likely N-dealkylation sites (tertiary alicyclic amines) is 1. The first kappa shape index (κ1) is 25.4. The average Bonchev–Trinajstić information content (AvgIpc) is 3.61. The third-order valence-corrected chi connectivity index (χ3v) is 8.82. The molecule has 2 amide bonds. The van der Waals surface area contributed by atoms with Crippen molar-refractivity contribution in [1.29, 1.82) is 0 Å². The number of halogens is 1. The van der Waals surface area contributed by atoms with Gasteiger partial charge in [0.15, 0.2) is 0 Å². The number of thiophene rings is 1. The molecule has 2 heterocycles. The molecule has 1 aliphatic heterocycles. The fourth-order valence-corrected chi connectivity index (χ4v) is 6.39. The van der Waals surface area contributed by atoms with Gasteiger partial charge in [0, 0.05) is 48.6 Å². The summed E-state index contributed by atoms with van der Waals surface area (Å²) in [5, 5.41) is 5.35. The highest BCUT2D eigenvalue weighted by Gasteiger charge is 2.43. The van der Waals surface area contributed by atoms with Crippen LogP contribution in [-0.4, -0.2) is 52.3 Å². The lowest BCUT2D eigenvalue weighted by Gasteiger charge is -2.43. The van der Waals surface area contributed by atoms with Gasteiger partial charge in [-0.15, -0.1) is 11.3 Å². The number of hydrogen-bond acceptors (Lipinski definition) is 5. The second-order valence-electron chi connectivity index (χ2n) is 10.7. The van der Waals surface area contributed by atoms with Gasteiger partial charge >= 0.3 is 0 Å². The molecule has 3 aliphatic rings. The number of nitrogens with two attached hydrogens (primary N) is 1. The standard InChI is InChI=1S/C28H37FN4O2S/c29-21-7-3-19(4-8-21)17-32(18-25-2-1-15-36-25)24-13-14-33(28(35)20-5-6-20)26(16-24)27(34)31-23-11-9-22(30)10-12-23/h1-4,7-8,15,20,22-24,26H,5-6,9-14,16-18,30H2,(H,31,34)/t22?,23?,24?,26-/m1/s1. The zero-order valence-corrected chi connectivity index (χ0v) is 21.6. The molecule has 194 valence electrons. The molecule has 1 aromatic heterocycles. The molecule has 1 saturated heterocycles. The molecule has 2 atom stereocenters. The van der Waals surface area contributed by atoms with E-state index in [9.17, 15) is 14.0 Å². The minimum absolute atomic E-state index is 0.0213. The van der Waals surface area contributed by atoms with Crippen molar-refractivity contribution in [1.82, 2.24) is 15.1 Å². The Morgan fingerprint density at radius 1 is 1.03 bits per heavy atom. The zero-order valence-electron chi connectivity index (χ0n) is 20.8. The first-order chi connectivity index (χ1) is 17.5. The first-order valence-corrected chi connectivity index (χ1v) is 14.2. The Morgan fingerprint density at radius 2 is 1.78 bits per heavy atom. The van der Waals surface area contributed by atoms with E-state index in [0.717, 1.165) is 57.1 Å². The lowest BCUT2D eigenvalue weighted by atomic mass is 9.90. The summed E-state index contributed by atoms with van der Waals surface area (Å²) < 4.78 is 13.5. The number of nitrogens with one attached hydrogen (secondary N) is 1. The van der Waals surface area contributed by atoms with Crippen LogP contribution >= 0.6 is 11.3 Å². The van der Waals surface area contributed by atoms with Gasteiger partial charge < -0.3 is 16.0 Å². The first-order valence-electron chi connectivity index (χ1n) is 13.3. The lowest BCUT2D eigenvalue weighted by molar-refractivity contribution is -0.145. The van der Waals surface area contributed by atoms with Crippen LogP contribution in [0.2, 0.25) is 0 Å². The number of piperidine rings is 1. The third-order valence-electron chi connectivity index (χ3n) is 7.96. The monoisotopic (exact) mass is 512 g/mol. The van der Waals surface area contributed by atoms with E-state index < -0.39 is 6.04 Å². The van der Waals surface area contributed by atoms with E-state index in [1.165, 1.54) is 17.0 Å². The smallest absolute Gasteiger partial charge is 0.243 e. The molecule has 1 unspecified atom stereocenters. The van der Waals surface area contributed by atoms with Crippen molar-refractivity contribution in [3.8, 4) is 0 Å². The predicted molar refractivity (Wildman–Crippen MR) is 140 cm³/mol. The van der Waals surface area contributed by atoms with Gasteiger partial charge in [0.25, 0.3) is 0 Å². The van der Waals surface area contributed by atoms with E-state index in [-0.39, 0.29) is 41.7 Å². The van der Waals surface area contributed by atoms with Crippen molar-refractivity contribution in [3.63, 3.8) is 0 Å². The second-order valence-corrected chi connectivity index (χ2v) is 11.8. The number of hydrogen-bond donors (Lipinski definition) is 2. The van der Waals surface area contributed by atoms with E-state index in [4.69, 9.17) is 5.73 Å². The molecule has 36 heavy (non-hydrogen) atoms. The van der Waals surface area contributed by atoms with Crippen LogP contribution in [0.3, 0.4) is 0 Å². The maximum absolute atomic E-state index is 13.6. The fraction of sp³-hybridized carbons (Fsp3) is 0.571. The van der Waals surface area contributed by atoms with Gasteiger partial charge in [0.05, 0.1) is 0 Å². The molecule has 3 fully saturated rings. The molecular formula is C28H37FN4O2S. The highest BCUT2D eigenvalue weighted by Crippen LogP contribution is 2.35. The highest BCUT2D eigenvalue weighted by atomic mass is 32.1. The van der Waals surface area contributed by atoms with Crippen LogP contribution in [0.1, 0.15) is 61.8 Å². The number of rotatable bonds is 8. The van der Waals surface area contributed by atoms with Crippen molar-refractivity contribution >= 4 is 23.2 Å². The summed E-state index contributed by atoms with van der Waals surface area (Å²) in [7, 11) is 0. The maximum Gasteiger partial charge on any atom is 0.243 e. The summed E-state index contributed by atoms with van der Waals surface area (Å²) in [6, 6.07) is 10.9. The Kier molecular flexibility index (Phi) is 8.03. The van der Waals surface area contributed by atoms with E-state index in [2.05, 4.69) is 27.7 Å². The fourth-order valence-electron chi connectivity index (χ4n) is 5.66. The predicted octanol–water partition coefficient (Wildman–Crippen LogP) is 4.05. The summed E-state index contributed by atoms with van der Waals surface area (Å²) in [5.41, 5.74) is 7.11. The lowest BCUT2D eigenvalue weighted by Crippen LogP contribution is -2.58. The Labute approximate surface area is 217 Å². The highest BCUT2D eigenvalue weighted by molar-refractivity contribution is 7.09. The van der Waals surface area contributed by atoms with Crippen LogP contribution in [0.25, 0.3) is 0 Å². The molecule has 6 nitrogen and oxygen atoms in total.